The monoisotopic (exact) mass is 270 g/mol. The molecule has 5 heteroatoms. The van der Waals surface area contributed by atoms with E-state index >= 15 is 0 Å². The summed E-state index contributed by atoms with van der Waals surface area (Å²) in [6.45, 7) is 0. The lowest BCUT2D eigenvalue weighted by Crippen LogP contribution is -2.43. The number of aromatic amines is 1. The van der Waals surface area contributed by atoms with E-state index in [0.29, 0.717) is 18.0 Å². The van der Waals surface area contributed by atoms with Crippen molar-refractivity contribution in [3.8, 4) is 0 Å². The Bertz CT molecular complexity index is 630. The molecule has 1 fully saturated rings. The van der Waals surface area contributed by atoms with Gasteiger partial charge in [0.25, 0.3) is 5.91 Å². The predicted molar refractivity (Wildman–Crippen MR) is 78.1 cm³/mol. The van der Waals surface area contributed by atoms with E-state index in [0.717, 1.165) is 23.7 Å². The van der Waals surface area contributed by atoms with E-state index in [2.05, 4.69) is 15.3 Å². The number of H-pyrrole nitrogens is 1. The zero-order valence-corrected chi connectivity index (χ0v) is 11.2. The average molecular weight is 270 g/mol. The van der Waals surface area contributed by atoms with Gasteiger partial charge in [-0.15, -0.1) is 0 Å². The van der Waals surface area contributed by atoms with Gasteiger partial charge >= 0.3 is 0 Å². The SMILES string of the molecule is N=CCC(NC(=O)c1cc2cc[nH]c2cn1)C1CCC1. The number of carbonyl (C=O) groups excluding carboxylic acids is 1. The number of hydrogen-bond acceptors (Lipinski definition) is 3. The number of fused-ring (bicyclic) bond motifs is 1. The van der Waals surface area contributed by atoms with Crippen molar-refractivity contribution in [1.29, 1.82) is 5.41 Å². The number of pyridine rings is 1. The molecule has 0 aromatic carbocycles. The Morgan fingerprint density at radius 2 is 2.45 bits per heavy atom. The second-order valence-corrected chi connectivity index (χ2v) is 5.35. The van der Waals surface area contributed by atoms with Crippen LogP contribution in [0.3, 0.4) is 0 Å². The van der Waals surface area contributed by atoms with E-state index in [1.165, 1.54) is 12.6 Å². The molecule has 2 heterocycles. The minimum Gasteiger partial charge on any atom is -0.360 e. The van der Waals surface area contributed by atoms with Crippen molar-refractivity contribution in [2.75, 3.05) is 0 Å². The average Bonchev–Trinajstić information content (AvgIpc) is 2.83. The van der Waals surface area contributed by atoms with Gasteiger partial charge in [0, 0.05) is 24.0 Å². The van der Waals surface area contributed by atoms with Gasteiger partial charge < -0.3 is 15.7 Å². The molecule has 1 saturated carbocycles. The molecule has 3 N–H and O–H groups in total. The molecule has 0 spiro atoms. The highest BCUT2D eigenvalue weighted by Gasteiger charge is 2.28. The van der Waals surface area contributed by atoms with Crippen LogP contribution in [-0.4, -0.2) is 28.1 Å². The quantitative estimate of drug-likeness (QED) is 0.729. The smallest absolute Gasteiger partial charge is 0.270 e. The zero-order valence-electron chi connectivity index (χ0n) is 11.2. The molecule has 2 aromatic heterocycles. The first-order chi connectivity index (χ1) is 9.78. The van der Waals surface area contributed by atoms with Crippen molar-refractivity contribution in [3.05, 3.63) is 30.2 Å². The topological polar surface area (TPSA) is 81.6 Å². The van der Waals surface area contributed by atoms with Gasteiger partial charge in [-0.05, 0) is 37.1 Å². The molecule has 104 valence electrons. The van der Waals surface area contributed by atoms with Crippen LogP contribution in [-0.2, 0) is 0 Å². The fourth-order valence-corrected chi connectivity index (χ4v) is 2.66. The molecule has 20 heavy (non-hydrogen) atoms. The summed E-state index contributed by atoms with van der Waals surface area (Å²) in [6.07, 6.45) is 9.00. The van der Waals surface area contributed by atoms with Gasteiger partial charge in [0.1, 0.15) is 5.69 Å². The molecule has 0 radical (unpaired) electrons. The first-order valence-electron chi connectivity index (χ1n) is 7.01. The molecule has 1 aliphatic rings. The van der Waals surface area contributed by atoms with Crippen molar-refractivity contribution >= 4 is 23.0 Å². The molecule has 2 aromatic rings. The molecule has 0 saturated heterocycles. The molecule has 0 aliphatic heterocycles. The second-order valence-electron chi connectivity index (χ2n) is 5.35. The van der Waals surface area contributed by atoms with Gasteiger partial charge in [-0.2, -0.15) is 0 Å². The van der Waals surface area contributed by atoms with Crippen molar-refractivity contribution in [2.45, 2.75) is 31.7 Å². The van der Waals surface area contributed by atoms with Gasteiger partial charge in [-0.25, -0.2) is 4.98 Å². The molecule has 1 aliphatic carbocycles. The van der Waals surface area contributed by atoms with E-state index < -0.39 is 0 Å². The zero-order chi connectivity index (χ0) is 13.9. The summed E-state index contributed by atoms with van der Waals surface area (Å²) < 4.78 is 0. The number of nitrogens with one attached hydrogen (secondary N) is 3. The Labute approximate surface area is 117 Å². The van der Waals surface area contributed by atoms with E-state index in [9.17, 15) is 4.79 Å². The highest BCUT2D eigenvalue weighted by molar-refractivity contribution is 5.96. The third-order valence-electron chi connectivity index (χ3n) is 4.08. The van der Waals surface area contributed by atoms with E-state index in [1.807, 2.05) is 12.3 Å². The van der Waals surface area contributed by atoms with E-state index in [4.69, 9.17) is 5.41 Å². The summed E-state index contributed by atoms with van der Waals surface area (Å²) in [5.41, 5.74) is 1.36. The van der Waals surface area contributed by atoms with Crippen molar-refractivity contribution in [3.63, 3.8) is 0 Å². The van der Waals surface area contributed by atoms with Gasteiger partial charge in [-0.3, -0.25) is 4.79 Å². The largest absolute Gasteiger partial charge is 0.360 e. The lowest BCUT2D eigenvalue weighted by atomic mass is 9.78. The first kappa shape index (κ1) is 12.8. The number of aromatic nitrogens is 2. The maximum Gasteiger partial charge on any atom is 0.270 e. The van der Waals surface area contributed by atoms with E-state index in [-0.39, 0.29) is 11.9 Å². The van der Waals surface area contributed by atoms with Crippen LogP contribution in [0.15, 0.2) is 24.5 Å². The van der Waals surface area contributed by atoms with Crippen LogP contribution in [0.5, 0.6) is 0 Å². The van der Waals surface area contributed by atoms with Crippen molar-refractivity contribution in [1.82, 2.24) is 15.3 Å². The van der Waals surface area contributed by atoms with Crippen LogP contribution in [0.25, 0.3) is 10.9 Å². The van der Waals surface area contributed by atoms with Crippen LogP contribution in [0.4, 0.5) is 0 Å². The van der Waals surface area contributed by atoms with Crippen LogP contribution >= 0.6 is 0 Å². The summed E-state index contributed by atoms with van der Waals surface area (Å²) in [7, 11) is 0. The summed E-state index contributed by atoms with van der Waals surface area (Å²) >= 11 is 0. The van der Waals surface area contributed by atoms with Gasteiger partial charge in [0.05, 0.1) is 11.7 Å². The number of amides is 1. The normalized spacial score (nSPS) is 16.6. The molecule has 3 rings (SSSR count). The second kappa shape index (κ2) is 5.45. The lowest BCUT2D eigenvalue weighted by molar-refractivity contribution is 0.0900. The summed E-state index contributed by atoms with van der Waals surface area (Å²) in [4.78, 5) is 19.5. The number of nitrogens with zero attached hydrogens (tertiary/aromatic N) is 1. The summed E-state index contributed by atoms with van der Waals surface area (Å²) in [5, 5.41) is 11.3. The fourth-order valence-electron chi connectivity index (χ4n) is 2.66. The Balaban J connectivity index is 1.74. The lowest BCUT2D eigenvalue weighted by Gasteiger charge is -2.33. The van der Waals surface area contributed by atoms with Crippen LogP contribution in [0.1, 0.15) is 36.2 Å². The van der Waals surface area contributed by atoms with Crippen LogP contribution < -0.4 is 5.32 Å². The van der Waals surface area contributed by atoms with Crippen molar-refractivity contribution in [2.24, 2.45) is 5.92 Å². The summed E-state index contributed by atoms with van der Waals surface area (Å²) in [6, 6.07) is 3.79. The van der Waals surface area contributed by atoms with Gasteiger partial charge in [0.15, 0.2) is 0 Å². The van der Waals surface area contributed by atoms with Crippen molar-refractivity contribution < 1.29 is 4.79 Å². The Kier molecular flexibility index (Phi) is 3.50. The number of hydrogen-bond donors (Lipinski definition) is 3. The van der Waals surface area contributed by atoms with Gasteiger partial charge in [0.2, 0.25) is 0 Å². The maximum absolute atomic E-state index is 12.3. The number of carbonyl (C=O) groups is 1. The molecule has 5 nitrogen and oxygen atoms in total. The predicted octanol–water partition coefficient (Wildman–Crippen LogP) is 2.50. The molecule has 1 atom stereocenters. The first-order valence-corrected chi connectivity index (χ1v) is 7.01. The Hall–Kier alpha value is -2.17. The molecule has 1 amide bonds. The molecular formula is C15H18N4O. The Morgan fingerprint density at radius 3 is 3.15 bits per heavy atom. The van der Waals surface area contributed by atoms with E-state index in [1.54, 1.807) is 12.3 Å². The fraction of sp³-hybridized carbons (Fsp3) is 0.400. The minimum absolute atomic E-state index is 0.0671. The molecule has 0 bridgehead atoms. The maximum atomic E-state index is 12.3. The highest BCUT2D eigenvalue weighted by Crippen LogP contribution is 2.30. The van der Waals surface area contributed by atoms with Gasteiger partial charge in [-0.1, -0.05) is 6.42 Å². The van der Waals surface area contributed by atoms with Crippen LogP contribution in [0, 0.1) is 11.3 Å². The molecular weight excluding hydrogens is 252 g/mol. The standard InChI is InChI=1S/C15H18N4O/c16-6-4-12(10-2-1-3-10)19-15(20)13-8-11-5-7-17-14(11)9-18-13/h5-10,12,16-17H,1-4H2,(H,19,20). The van der Waals surface area contributed by atoms with Crippen LogP contribution in [0.2, 0.25) is 0 Å². The minimum atomic E-state index is -0.146. The third-order valence-corrected chi connectivity index (χ3v) is 4.08. The Morgan fingerprint density at radius 1 is 1.60 bits per heavy atom. The highest BCUT2D eigenvalue weighted by atomic mass is 16.1. The number of rotatable bonds is 5. The summed E-state index contributed by atoms with van der Waals surface area (Å²) in [5.74, 6) is 0.364. The molecule has 1 unspecified atom stereocenters. The third kappa shape index (κ3) is 2.43.